The predicted octanol–water partition coefficient (Wildman–Crippen LogP) is 4.72. The van der Waals surface area contributed by atoms with Crippen LogP contribution < -0.4 is 0 Å². The fourth-order valence-electron chi connectivity index (χ4n) is 2.40. The summed E-state index contributed by atoms with van der Waals surface area (Å²) in [6, 6.07) is 0.758. The average Bonchev–Trinajstić information content (AvgIpc) is 2.34. The second kappa shape index (κ2) is 8.10. The van der Waals surface area contributed by atoms with Gasteiger partial charge < -0.3 is 0 Å². The first-order chi connectivity index (χ1) is 8.61. The van der Waals surface area contributed by atoms with Crippen molar-refractivity contribution in [2.24, 2.45) is 16.3 Å². The zero-order valence-corrected chi connectivity index (χ0v) is 12.3. The Morgan fingerprint density at radius 3 is 2.22 bits per heavy atom. The second-order valence-corrected chi connectivity index (χ2v) is 5.63. The molecule has 3 nitrogen and oxygen atoms in total. The molecule has 0 saturated heterocycles. The minimum atomic E-state index is 0.379. The van der Waals surface area contributed by atoms with Crippen LogP contribution in [0.1, 0.15) is 59.8 Å². The lowest BCUT2D eigenvalue weighted by Gasteiger charge is -2.25. The second-order valence-electron chi connectivity index (χ2n) is 5.63. The highest BCUT2D eigenvalue weighted by Crippen LogP contribution is 2.24. The van der Waals surface area contributed by atoms with Crippen molar-refractivity contribution in [3.05, 3.63) is 18.0 Å². The lowest BCUT2D eigenvalue weighted by molar-refractivity contribution is 0.169. The van der Waals surface area contributed by atoms with Crippen LogP contribution in [0, 0.1) is 5.92 Å². The zero-order valence-electron chi connectivity index (χ0n) is 12.3. The van der Waals surface area contributed by atoms with Gasteiger partial charge in [0, 0.05) is 12.1 Å². The number of rotatable bonds is 5. The summed E-state index contributed by atoms with van der Waals surface area (Å²) < 4.78 is 0. The Morgan fingerprint density at radius 2 is 1.67 bits per heavy atom. The molecule has 3 heteroatoms. The molecule has 0 N–H and O–H groups in total. The van der Waals surface area contributed by atoms with Gasteiger partial charge in [-0.05, 0) is 52.5 Å². The van der Waals surface area contributed by atoms with Gasteiger partial charge in [0.15, 0.2) is 0 Å². The van der Waals surface area contributed by atoms with Gasteiger partial charge in [-0.3, -0.25) is 5.01 Å². The summed E-state index contributed by atoms with van der Waals surface area (Å²) in [7, 11) is 0. The SMILES string of the molecule is CC(C)N(N=NC=C=CC1CCCCC1)C(C)C. The Kier molecular flexibility index (Phi) is 6.74. The Bertz CT molecular complexity index is 298. The summed E-state index contributed by atoms with van der Waals surface area (Å²) in [5.74, 6) is 0.705. The van der Waals surface area contributed by atoms with Crippen molar-refractivity contribution in [3.63, 3.8) is 0 Å². The van der Waals surface area contributed by atoms with Gasteiger partial charge in [0.2, 0.25) is 0 Å². The predicted molar refractivity (Wildman–Crippen MR) is 76.2 cm³/mol. The third-order valence-corrected chi connectivity index (χ3v) is 3.33. The molecule has 0 heterocycles. The van der Waals surface area contributed by atoms with Crippen molar-refractivity contribution in [3.8, 4) is 0 Å². The standard InChI is InChI=1S/C15H27N3/c1-13(2)18(14(3)4)17-16-12-8-11-15-9-6-5-7-10-15/h11-15H,5-7,9-10H2,1-4H3. The van der Waals surface area contributed by atoms with E-state index >= 15 is 0 Å². The largest absolute Gasteiger partial charge is 0.273 e. The summed E-state index contributed by atoms with van der Waals surface area (Å²) in [6.45, 7) is 8.50. The van der Waals surface area contributed by atoms with E-state index in [1.54, 1.807) is 6.20 Å². The van der Waals surface area contributed by atoms with Crippen molar-refractivity contribution in [1.29, 1.82) is 0 Å². The number of hydrogen-bond donors (Lipinski definition) is 0. The normalized spacial score (nSPS) is 17.2. The smallest absolute Gasteiger partial charge is 0.0928 e. The first-order valence-corrected chi connectivity index (χ1v) is 7.21. The average molecular weight is 249 g/mol. The highest BCUT2D eigenvalue weighted by molar-refractivity contribution is 4.89. The van der Waals surface area contributed by atoms with Crippen LogP contribution in [0.5, 0.6) is 0 Å². The number of nitrogens with zero attached hydrogens (tertiary/aromatic N) is 3. The molecule has 0 bridgehead atoms. The molecule has 18 heavy (non-hydrogen) atoms. The fraction of sp³-hybridized carbons (Fsp3) is 0.800. The molecule has 0 aliphatic heterocycles. The molecule has 0 aromatic heterocycles. The van der Waals surface area contributed by atoms with Crippen molar-refractivity contribution in [2.75, 3.05) is 0 Å². The highest BCUT2D eigenvalue weighted by atomic mass is 15.6. The number of hydrogen-bond acceptors (Lipinski definition) is 2. The highest BCUT2D eigenvalue weighted by Gasteiger charge is 2.10. The van der Waals surface area contributed by atoms with Crippen molar-refractivity contribution in [2.45, 2.75) is 71.9 Å². The Labute approximate surface area is 112 Å². The molecule has 0 atom stereocenters. The molecular weight excluding hydrogens is 222 g/mol. The maximum Gasteiger partial charge on any atom is 0.0928 e. The van der Waals surface area contributed by atoms with E-state index < -0.39 is 0 Å². The lowest BCUT2D eigenvalue weighted by Crippen LogP contribution is -2.31. The van der Waals surface area contributed by atoms with E-state index in [0.29, 0.717) is 18.0 Å². The van der Waals surface area contributed by atoms with Gasteiger partial charge in [0.1, 0.15) is 0 Å². The first kappa shape index (κ1) is 15.0. The molecular formula is C15H27N3. The van der Waals surface area contributed by atoms with Crippen LogP contribution in [-0.4, -0.2) is 17.1 Å². The fourth-order valence-corrected chi connectivity index (χ4v) is 2.40. The van der Waals surface area contributed by atoms with Crippen LogP contribution in [0.2, 0.25) is 0 Å². The summed E-state index contributed by atoms with van der Waals surface area (Å²) in [5.41, 5.74) is 3.15. The van der Waals surface area contributed by atoms with Gasteiger partial charge in [-0.2, -0.15) is 0 Å². The van der Waals surface area contributed by atoms with Gasteiger partial charge in [0.05, 0.1) is 6.20 Å². The van der Waals surface area contributed by atoms with E-state index in [2.05, 4.69) is 49.8 Å². The van der Waals surface area contributed by atoms with Gasteiger partial charge in [-0.1, -0.05) is 24.5 Å². The molecule has 0 aromatic carbocycles. The molecule has 1 saturated carbocycles. The lowest BCUT2D eigenvalue weighted by atomic mass is 9.89. The summed E-state index contributed by atoms with van der Waals surface area (Å²) in [4.78, 5) is 0. The monoisotopic (exact) mass is 249 g/mol. The van der Waals surface area contributed by atoms with E-state index in [9.17, 15) is 0 Å². The Hall–Kier alpha value is -1.08. The number of allylic oxidation sites excluding steroid dienone is 1. The van der Waals surface area contributed by atoms with Gasteiger partial charge >= 0.3 is 0 Å². The van der Waals surface area contributed by atoms with Crippen molar-refractivity contribution < 1.29 is 0 Å². The van der Waals surface area contributed by atoms with Crippen molar-refractivity contribution >= 4 is 0 Å². The van der Waals surface area contributed by atoms with E-state index in [1.807, 2.05) is 5.01 Å². The molecule has 1 rings (SSSR count). The first-order valence-electron chi connectivity index (χ1n) is 7.21. The molecule has 102 valence electrons. The van der Waals surface area contributed by atoms with Crippen LogP contribution >= 0.6 is 0 Å². The minimum Gasteiger partial charge on any atom is -0.273 e. The van der Waals surface area contributed by atoms with Crippen LogP contribution in [-0.2, 0) is 0 Å². The van der Waals surface area contributed by atoms with Crippen LogP contribution in [0.4, 0.5) is 0 Å². The van der Waals surface area contributed by atoms with Gasteiger partial charge in [-0.15, -0.1) is 10.8 Å². The third-order valence-electron chi connectivity index (χ3n) is 3.33. The van der Waals surface area contributed by atoms with Crippen molar-refractivity contribution in [1.82, 2.24) is 5.01 Å². The Morgan fingerprint density at radius 1 is 1.06 bits per heavy atom. The van der Waals surface area contributed by atoms with Crippen LogP contribution in [0.15, 0.2) is 28.3 Å². The van der Waals surface area contributed by atoms with Gasteiger partial charge in [-0.25, -0.2) is 0 Å². The molecule has 0 aromatic rings. The molecule has 0 amide bonds. The third kappa shape index (κ3) is 5.50. The quantitative estimate of drug-likeness (QED) is 0.393. The summed E-state index contributed by atoms with van der Waals surface area (Å²) in [5, 5.41) is 10.3. The molecule has 0 spiro atoms. The maximum atomic E-state index is 4.23. The van der Waals surface area contributed by atoms with Crippen LogP contribution in [0.3, 0.4) is 0 Å². The molecule has 1 aliphatic rings. The molecule has 1 aliphatic carbocycles. The van der Waals surface area contributed by atoms with E-state index in [1.165, 1.54) is 32.1 Å². The topological polar surface area (TPSA) is 28.0 Å². The minimum absolute atomic E-state index is 0.379. The zero-order chi connectivity index (χ0) is 13.4. The Balaban J connectivity index is 2.44. The van der Waals surface area contributed by atoms with E-state index in [4.69, 9.17) is 0 Å². The summed E-state index contributed by atoms with van der Waals surface area (Å²) in [6.07, 6.45) is 10.6. The summed E-state index contributed by atoms with van der Waals surface area (Å²) >= 11 is 0. The molecule has 1 fully saturated rings. The molecule has 0 unspecified atom stereocenters. The van der Waals surface area contributed by atoms with Crippen LogP contribution in [0.25, 0.3) is 0 Å². The molecule has 0 radical (unpaired) electrons. The van der Waals surface area contributed by atoms with Gasteiger partial charge in [0.25, 0.3) is 0 Å². The van der Waals surface area contributed by atoms with E-state index in [-0.39, 0.29) is 0 Å². The van der Waals surface area contributed by atoms with E-state index in [0.717, 1.165) is 0 Å². The maximum absolute atomic E-state index is 4.23.